The lowest BCUT2D eigenvalue weighted by Gasteiger charge is -2.34. The van der Waals surface area contributed by atoms with E-state index >= 15 is 0 Å². The van der Waals surface area contributed by atoms with Gasteiger partial charge < -0.3 is 15.0 Å². The summed E-state index contributed by atoms with van der Waals surface area (Å²) in [6.07, 6.45) is 10.6. The highest BCUT2D eigenvalue weighted by Gasteiger charge is 2.26. The molecule has 0 spiro atoms. The van der Waals surface area contributed by atoms with Crippen LogP contribution < -0.4 is 5.32 Å². The summed E-state index contributed by atoms with van der Waals surface area (Å²) < 4.78 is 5.93. The quantitative estimate of drug-likeness (QED) is 0.351. The van der Waals surface area contributed by atoms with Crippen LogP contribution in [0.4, 0.5) is 0 Å². The number of aliphatic imine (C=N–C) groups is 1. The number of rotatable bonds is 4. The third-order valence-corrected chi connectivity index (χ3v) is 3.57. The summed E-state index contributed by atoms with van der Waals surface area (Å²) in [5.74, 6) is 4.34. The van der Waals surface area contributed by atoms with Crippen molar-refractivity contribution in [2.24, 2.45) is 10.9 Å². The van der Waals surface area contributed by atoms with E-state index in [1.54, 1.807) is 7.05 Å². The van der Waals surface area contributed by atoms with E-state index in [9.17, 15) is 0 Å². The molecule has 1 N–H and O–H groups in total. The first-order valence-corrected chi connectivity index (χ1v) is 6.84. The van der Waals surface area contributed by atoms with Crippen LogP contribution in [0.3, 0.4) is 0 Å². The topological polar surface area (TPSA) is 36.9 Å². The first-order chi connectivity index (χ1) is 8.83. The third kappa shape index (κ3) is 5.57. The van der Waals surface area contributed by atoms with Crippen molar-refractivity contribution in [2.75, 3.05) is 33.3 Å². The molecule has 0 bridgehead atoms. The second-order valence-electron chi connectivity index (χ2n) is 5.07. The molecular weight excluding hydrogens is 353 g/mol. The Kier molecular flexibility index (Phi) is 7.54. The summed E-state index contributed by atoms with van der Waals surface area (Å²) in [5, 5.41) is 3.16. The first kappa shape index (κ1) is 16.6. The summed E-state index contributed by atoms with van der Waals surface area (Å²) in [6.45, 7) is 3.50. The molecule has 5 heteroatoms. The van der Waals surface area contributed by atoms with Crippen molar-refractivity contribution in [1.82, 2.24) is 10.2 Å². The van der Waals surface area contributed by atoms with Crippen molar-refractivity contribution in [3.63, 3.8) is 0 Å². The minimum atomic E-state index is 0. The average molecular weight is 377 g/mol. The van der Waals surface area contributed by atoms with Crippen molar-refractivity contribution in [3.8, 4) is 12.3 Å². The van der Waals surface area contributed by atoms with E-state index in [0.717, 1.165) is 44.4 Å². The van der Waals surface area contributed by atoms with Crippen molar-refractivity contribution >= 4 is 29.9 Å². The van der Waals surface area contributed by atoms with E-state index in [0.29, 0.717) is 12.6 Å². The van der Waals surface area contributed by atoms with Crippen molar-refractivity contribution in [2.45, 2.75) is 31.8 Å². The van der Waals surface area contributed by atoms with Crippen LogP contribution in [-0.4, -0.2) is 50.3 Å². The van der Waals surface area contributed by atoms with Crippen LogP contribution in [-0.2, 0) is 4.74 Å². The summed E-state index contributed by atoms with van der Waals surface area (Å²) >= 11 is 0. The number of halogens is 1. The Morgan fingerprint density at radius 1 is 1.37 bits per heavy atom. The van der Waals surface area contributed by atoms with Gasteiger partial charge in [0.25, 0.3) is 0 Å². The monoisotopic (exact) mass is 377 g/mol. The maximum absolute atomic E-state index is 5.93. The molecule has 108 valence electrons. The Labute approximate surface area is 133 Å². The van der Waals surface area contributed by atoms with Crippen LogP contribution in [0.5, 0.6) is 0 Å². The molecule has 2 rings (SSSR count). The van der Waals surface area contributed by atoms with Crippen molar-refractivity contribution in [1.29, 1.82) is 0 Å². The van der Waals surface area contributed by atoms with E-state index in [4.69, 9.17) is 11.2 Å². The molecule has 1 saturated heterocycles. The van der Waals surface area contributed by atoms with Crippen LogP contribution >= 0.6 is 24.0 Å². The number of hydrogen-bond donors (Lipinski definition) is 1. The van der Waals surface area contributed by atoms with Gasteiger partial charge in [-0.3, -0.25) is 4.99 Å². The minimum Gasteiger partial charge on any atom is -0.378 e. The zero-order chi connectivity index (χ0) is 12.8. The predicted molar refractivity (Wildman–Crippen MR) is 88.9 cm³/mol. The summed E-state index contributed by atoms with van der Waals surface area (Å²) in [4.78, 5) is 6.51. The molecule has 2 fully saturated rings. The molecule has 1 aliphatic carbocycles. The van der Waals surface area contributed by atoms with Gasteiger partial charge in [0.05, 0.1) is 12.6 Å². The Morgan fingerprint density at radius 3 is 2.58 bits per heavy atom. The highest BCUT2D eigenvalue weighted by molar-refractivity contribution is 14.0. The van der Waals surface area contributed by atoms with Gasteiger partial charge in [0.2, 0.25) is 0 Å². The van der Waals surface area contributed by atoms with Gasteiger partial charge in [0, 0.05) is 26.7 Å². The molecule has 0 aromatic rings. The molecule has 2 aliphatic rings. The molecule has 0 aromatic heterocycles. The van der Waals surface area contributed by atoms with Crippen LogP contribution in [0.25, 0.3) is 0 Å². The Morgan fingerprint density at radius 2 is 2.05 bits per heavy atom. The molecule has 19 heavy (non-hydrogen) atoms. The van der Waals surface area contributed by atoms with Crippen LogP contribution in [0, 0.1) is 18.3 Å². The molecule has 0 aromatic carbocycles. The largest absolute Gasteiger partial charge is 0.378 e. The number of likely N-dealkylation sites (tertiary alicyclic amines) is 1. The number of nitrogens with one attached hydrogen (secondary N) is 1. The molecular formula is C14H24IN3O. The fourth-order valence-corrected chi connectivity index (χ4v) is 2.25. The Balaban J connectivity index is 0.00000180. The first-order valence-electron chi connectivity index (χ1n) is 6.84. The second-order valence-corrected chi connectivity index (χ2v) is 5.07. The lowest BCUT2D eigenvalue weighted by Crippen LogP contribution is -2.47. The van der Waals surface area contributed by atoms with Gasteiger partial charge in [0.1, 0.15) is 0 Å². The number of terminal acetylenes is 1. The van der Waals surface area contributed by atoms with E-state index in [2.05, 4.69) is 21.1 Å². The highest BCUT2D eigenvalue weighted by Crippen LogP contribution is 2.30. The van der Waals surface area contributed by atoms with Gasteiger partial charge in [-0.05, 0) is 31.6 Å². The SMILES string of the molecule is C#CCNC(=NC)N1CCC(OCC2CC2)CC1.I. The molecule has 4 nitrogen and oxygen atoms in total. The Bertz CT molecular complexity index is 328. The van der Waals surface area contributed by atoms with Gasteiger partial charge in [-0.15, -0.1) is 30.4 Å². The zero-order valence-electron chi connectivity index (χ0n) is 11.6. The van der Waals surface area contributed by atoms with Gasteiger partial charge >= 0.3 is 0 Å². The smallest absolute Gasteiger partial charge is 0.194 e. The molecule has 0 radical (unpaired) electrons. The van der Waals surface area contributed by atoms with E-state index < -0.39 is 0 Å². The number of guanidine groups is 1. The maximum atomic E-state index is 5.93. The lowest BCUT2D eigenvalue weighted by molar-refractivity contribution is 0.0131. The molecule has 0 atom stereocenters. The number of piperidine rings is 1. The lowest BCUT2D eigenvalue weighted by atomic mass is 10.1. The van der Waals surface area contributed by atoms with Gasteiger partial charge in [-0.1, -0.05) is 5.92 Å². The molecule has 1 heterocycles. The molecule has 1 aliphatic heterocycles. The van der Waals surface area contributed by atoms with Crippen molar-refractivity contribution in [3.05, 3.63) is 0 Å². The second kappa shape index (κ2) is 8.64. The van der Waals surface area contributed by atoms with E-state index in [-0.39, 0.29) is 24.0 Å². The molecule has 1 saturated carbocycles. The maximum Gasteiger partial charge on any atom is 0.194 e. The molecule has 0 unspecified atom stereocenters. The fourth-order valence-electron chi connectivity index (χ4n) is 2.25. The normalized spacial score (nSPS) is 20.6. The Hall–Kier alpha value is -0.480. The van der Waals surface area contributed by atoms with Gasteiger partial charge in [-0.25, -0.2) is 0 Å². The van der Waals surface area contributed by atoms with Crippen LogP contribution in [0.1, 0.15) is 25.7 Å². The number of hydrogen-bond acceptors (Lipinski definition) is 2. The van der Waals surface area contributed by atoms with Gasteiger partial charge in [0.15, 0.2) is 5.96 Å². The fraction of sp³-hybridized carbons (Fsp3) is 0.786. The standard InChI is InChI=1S/C14H23N3O.HI/c1-3-8-16-14(15-2)17-9-6-13(7-10-17)18-11-12-4-5-12;/h1,12-13H,4-11H2,2H3,(H,15,16);1H. The number of ether oxygens (including phenoxy) is 1. The van der Waals surface area contributed by atoms with E-state index in [1.165, 1.54) is 12.8 Å². The molecule has 0 amide bonds. The third-order valence-electron chi connectivity index (χ3n) is 3.57. The minimum absolute atomic E-state index is 0. The van der Waals surface area contributed by atoms with Crippen LogP contribution in [0.15, 0.2) is 4.99 Å². The average Bonchev–Trinajstić information content (AvgIpc) is 3.23. The predicted octanol–water partition coefficient (Wildman–Crippen LogP) is 1.70. The van der Waals surface area contributed by atoms with E-state index in [1.807, 2.05) is 0 Å². The summed E-state index contributed by atoms with van der Waals surface area (Å²) in [5.41, 5.74) is 0. The highest BCUT2D eigenvalue weighted by atomic mass is 127. The van der Waals surface area contributed by atoms with Crippen LogP contribution in [0.2, 0.25) is 0 Å². The van der Waals surface area contributed by atoms with Crippen molar-refractivity contribution < 1.29 is 4.74 Å². The summed E-state index contributed by atoms with van der Waals surface area (Å²) in [7, 11) is 1.80. The zero-order valence-corrected chi connectivity index (χ0v) is 13.9. The van der Waals surface area contributed by atoms with Gasteiger partial charge in [-0.2, -0.15) is 0 Å². The summed E-state index contributed by atoms with van der Waals surface area (Å²) in [6, 6.07) is 0. The number of nitrogens with zero attached hydrogens (tertiary/aromatic N) is 2.